The van der Waals surface area contributed by atoms with Gasteiger partial charge in [0, 0.05) is 13.0 Å². The number of carbonyl (C=O) groups excluding carboxylic acids is 5. The second kappa shape index (κ2) is 15.4. The number of alkyl carbamates (subject to hydrolysis) is 1. The molecule has 12 heteroatoms. The summed E-state index contributed by atoms with van der Waals surface area (Å²) in [5, 5.41) is 10.4. The molecule has 220 valence electrons. The van der Waals surface area contributed by atoms with Gasteiger partial charge in [-0.1, -0.05) is 60.7 Å². The number of carbonyl (C=O) groups is 5. The minimum absolute atomic E-state index is 0.0117. The summed E-state index contributed by atoms with van der Waals surface area (Å²) < 4.78 is 15.4. The Labute approximate surface area is 238 Å². The van der Waals surface area contributed by atoms with Crippen LogP contribution in [0.5, 0.6) is 0 Å². The fourth-order valence-corrected chi connectivity index (χ4v) is 3.95. The van der Waals surface area contributed by atoms with Crippen molar-refractivity contribution in [1.29, 1.82) is 0 Å². The molecule has 1 aliphatic heterocycles. The Kier molecular flexibility index (Phi) is 11.6. The van der Waals surface area contributed by atoms with Crippen LogP contribution in [0.1, 0.15) is 31.4 Å². The van der Waals surface area contributed by atoms with Crippen molar-refractivity contribution >= 4 is 29.8 Å². The Balaban J connectivity index is 1.44. The first-order valence-electron chi connectivity index (χ1n) is 13.3. The topological polar surface area (TPSA) is 164 Å². The minimum atomic E-state index is -0.895. The molecule has 0 aromatic heterocycles. The van der Waals surface area contributed by atoms with Crippen LogP contribution >= 0.6 is 0 Å². The Morgan fingerprint density at radius 3 is 2.07 bits per heavy atom. The molecule has 0 radical (unpaired) electrons. The first-order chi connectivity index (χ1) is 19.7. The van der Waals surface area contributed by atoms with Gasteiger partial charge in [0.1, 0.15) is 30.8 Å². The van der Waals surface area contributed by atoms with E-state index >= 15 is 0 Å². The Morgan fingerprint density at radius 1 is 0.805 bits per heavy atom. The number of nitrogens with one attached hydrogen (secondary N) is 4. The predicted molar refractivity (Wildman–Crippen MR) is 147 cm³/mol. The number of benzene rings is 2. The fourth-order valence-electron chi connectivity index (χ4n) is 3.95. The zero-order valence-corrected chi connectivity index (χ0v) is 23.3. The van der Waals surface area contributed by atoms with E-state index in [-0.39, 0.29) is 26.0 Å². The summed E-state index contributed by atoms with van der Waals surface area (Å²) in [7, 11) is 1.21. The van der Waals surface area contributed by atoms with E-state index in [9.17, 15) is 24.0 Å². The van der Waals surface area contributed by atoms with Gasteiger partial charge in [-0.05, 0) is 25.0 Å². The third-order valence-electron chi connectivity index (χ3n) is 6.34. The lowest BCUT2D eigenvalue weighted by atomic mass is 10.1. The average molecular weight is 569 g/mol. The van der Waals surface area contributed by atoms with Crippen LogP contribution in [0.3, 0.4) is 0 Å². The lowest BCUT2D eigenvalue weighted by Gasteiger charge is -2.18. The molecule has 1 fully saturated rings. The van der Waals surface area contributed by atoms with Gasteiger partial charge >= 0.3 is 12.1 Å². The predicted octanol–water partition coefficient (Wildman–Crippen LogP) is 0.980. The van der Waals surface area contributed by atoms with Crippen LogP contribution in [0, 0.1) is 0 Å². The van der Waals surface area contributed by atoms with Crippen LogP contribution in [0.2, 0.25) is 0 Å². The molecule has 2 aromatic carbocycles. The molecule has 1 heterocycles. The second-order valence-electron chi connectivity index (χ2n) is 9.65. The number of esters is 1. The van der Waals surface area contributed by atoms with E-state index in [1.165, 1.54) is 21.0 Å². The van der Waals surface area contributed by atoms with E-state index < -0.39 is 60.1 Å². The lowest BCUT2D eigenvalue weighted by Crippen LogP contribution is -2.50. The van der Waals surface area contributed by atoms with Crippen LogP contribution < -0.4 is 21.3 Å². The number of rotatable bonds is 14. The van der Waals surface area contributed by atoms with Gasteiger partial charge in [0.2, 0.25) is 17.7 Å². The lowest BCUT2D eigenvalue weighted by molar-refractivity contribution is -0.144. The molecule has 3 rings (SSSR count). The molecular weight excluding hydrogens is 532 g/mol. The van der Waals surface area contributed by atoms with Crippen molar-refractivity contribution in [3.8, 4) is 0 Å². The summed E-state index contributed by atoms with van der Waals surface area (Å²) in [5.74, 6) is -1.97. The van der Waals surface area contributed by atoms with Gasteiger partial charge in [-0.15, -0.1) is 0 Å². The molecule has 5 atom stereocenters. The average Bonchev–Trinajstić information content (AvgIpc) is 3.72. The third kappa shape index (κ3) is 10.6. The van der Waals surface area contributed by atoms with E-state index in [0.29, 0.717) is 0 Å². The highest BCUT2D eigenvalue weighted by molar-refractivity contribution is 5.90. The molecule has 12 nitrogen and oxygen atoms in total. The van der Waals surface area contributed by atoms with Crippen molar-refractivity contribution < 1.29 is 38.2 Å². The monoisotopic (exact) mass is 568 g/mol. The summed E-state index contributed by atoms with van der Waals surface area (Å²) in [5.41, 5.74) is 1.67. The van der Waals surface area contributed by atoms with Gasteiger partial charge in [-0.25, -0.2) is 9.59 Å². The van der Waals surface area contributed by atoms with Crippen molar-refractivity contribution in [1.82, 2.24) is 21.3 Å². The Morgan fingerprint density at radius 2 is 1.44 bits per heavy atom. The summed E-state index contributed by atoms with van der Waals surface area (Å²) in [6.45, 7) is 3.17. The van der Waals surface area contributed by atoms with Crippen molar-refractivity contribution in [3.63, 3.8) is 0 Å². The fraction of sp³-hybridized carbons (Fsp3) is 0.414. The van der Waals surface area contributed by atoms with Gasteiger partial charge in [0.25, 0.3) is 0 Å². The first-order valence-corrected chi connectivity index (χ1v) is 13.3. The summed E-state index contributed by atoms with van der Waals surface area (Å²) >= 11 is 0. The Hall–Kier alpha value is -4.45. The van der Waals surface area contributed by atoms with Crippen molar-refractivity contribution in [2.75, 3.05) is 13.7 Å². The Bertz CT molecular complexity index is 1190. The third-order valence-corrected chi connectivity index (χ3v) is 6.34. The highest BCUT2D eigenvalue weighted by Crippen LogP contribution is 2.24. The number of epoxide rings is 1. The maximum atomic E-state index is 13.0. The largest absolute Gasteiger partial charge is 0.467 e. The normalized spacial score (nSPS) is 17.6. The number of methoxy groups -OCH3 is 1. The standard InChI is InChI=1S/C29H36N4O8/c1-18(26(35)32-19(2)28(37)39-3)31-25(34)15-23-24(41-23)16-30-27(36)22(14-20-10-6-4-7-11-20)33-29(38)40-17-21-12-8-5-9-13-21/h4-13,18-19,22-24H,14-17H2,1-3H3,(H,30,36)(H,31,34)(H,32,35)(H,33,38)/t18-,19-,22-,23-,24-/m0/s1. The molecule has 4 amide bonds. The van der Waals surface area contributed by atoms with Gasteiger partial charge in [0.15, 0.2) is 0 Å². The zero-order chi connectivity index (χ0) is 29.8. The quantitative estimate of drug-likeness (QED) is 0.193. The van der Waals surface area contributed by atoms with Crippen LogP contribution in [-0.2, 0) is 46.4 Å². The molecule has 2 aromatic rings. The van der Waals surface area contributed by atoms with Crippen molar-refractivity contribution in [2.24, 2.45) is 0 Å². The van der Waals surface area contributed by atoms with E-state index in [1.54, 1.807) is 0 Å². The van der Waals surface area contributed by atoms with Crippen LogP contribution in [0.4, 0.5) is 4.79 Å². The van der Waals surface area contributed by atoms with E-state index in [0.717, 1.165) is 11.1 Å². The van der Waals surface area contributed by atoms with Crippen LogP contribution in [-0.4, -0.2) is 73.8 Å². The first kappa shape index (κ1) is 31.1. The van der Waals surface area contributed by atoms with Crippen LogP contribution in [0.25, 0.3) is 0 Å². The highest BCUT2D eigenvalue weighted by Gasteiger charge is 2.41. The van der Waals surface area contributed by atoms with Crippen molar-refractivity contribution in [3.05, 3.63) is 71.8 Å². The van der Waals surface area contributed by atoms with Gasteiger partial charge in [-0.3, -0.25) is 14.4 Å². The van der Waals surface area contributed by atoms with Gasteiger partial charge in [-0.2, -0.15) is 0 Å². The molecule has 1 saturated heterocycles. The molecule has 0 spiro atoms. The number of hydrogen-bond donors (Lipinski definition) is 4. The zero-order valence-electron chi connectivity index (χ0n) is 23.3. The molecule has 0 unspecified atom stereocenters. The van der Waals surface area contributed by atoms with Gasteiger partial charge < -0.3 is 35.5 Å². The molecule has 41 heavy (non-hydrogen) atoms. The number of hydrogen-bond acceptors (Lipinski definition) is 8. The SMILES string of the molecule is COC(=O)[C@H](C)NC(=O)[C@H](C)NC(=O)C[C@@H]1O[C@H]1CNC(=O)[C@H](Cc1ccccc1)NC(=O)OCc1ccccc1. The smallest absolute Gasteiger partial charge is 0.408 e. The molecule has 4 N–H and O–H groups in total. The van der Waals surface area contributed by atoms with Crippen LogP contribution in [0.15, 0.2) is 60.7 Å². The number of ether oxygens (including phenoxy) is 3. The maximum absolute atomic E-state index is 13.0. The highest BCUT2D eigenvalue weighted by atomic mass is 16.6. The second-order valence-corrected chi connectivity index (χ2v) is 9.65. The molecular formula is C29H36N4O8. The summed E-state index contributed by atoms with van der Waals surface area (Å²) in [6.07, 6.45) is -1.31. The molecule has 0 aliphatic carbocycles. The molecule has 0 saturated carbocycles. The van der Waals surface area contributed by atoms with Crippen molar-refractivity contribution in [2.45, 2.75) is 63.6 Å². The van der Waals surface area contributed by atoms with E-state index in [2.05, 4.69) is 26.0 Å². The molecule has 0 bridgehead atoms. The minimum Gasteiger partial charge on any atom is -0.467 e. The van der Waals surface area contributed by atoms with Gasteiger partial charge in [0.05, 0.1) is 19.6 Å². The maximum Gasteiger partial charge on any atom is 0.408 e. The summed E-state index contributed by atoms with van der Waals surface area (Å²) in [4.78, 5) is 61.5. The molecule has 1 aliphatic rings. The van der Waals surface area contributed by atoms with E-state index in [4.69, 9.17) is 9.47 Å². The van der Waals surface area contributed by atoms with E-state index in [1.807, 2.05) is 60.7 Å². The summed E-state index contributed by atoms with van der Waals surface area (Å²) in [6, 6.07) is 15.8. The number of amides is 4.